The van der Waals surface area contributed by atoms with Gasteiger partial charge in [-0.1, -0.05) is 11.2 Å². The summed E-state index contributed by atoms with van der Waals surface area (Å²) in [5, 5.41) is 2.92. The zero-order valence-electron chi connectivity index (χ0n) is 20.3. The zero-order valence-corrected chi connectivity index (χ0v) is 21.1. The highest BCUT2D eigenvalue weighted by Crippen LogP contribution is 2.45. The fourth-order valence-corrected chi connectivity index (χ4v) is 6.85. The maximum atomic E-state index is 15.2. The third-order valence-electron chi connectivity index (χ3n) is 7.28. The molecule has 9 nitrogen and oxygen atoms in total. The lowest BCUT2D eigenvalue weighted by Crippen LogP contribution is -2.56. The van der Waals surface area contributed by atoms with Crippen molar-refractivity contribution < 1.29 is 48.8 Å². The first-order chi connectivity index (χ1) is 18.9. The van der Waals surface area contributed by atoms with Crippen LogP contribution in [0, 0.1) is 11.6 Å². The van der Waals surface area contributed by atoms with Gasteiger partial charge in [-0.3, -0.25) is 4.90 Å². The van der Waals surface area contributed by atoms with E-state index in [4.69, 9.17) is 4.52 Å². The molecule has 1 aliphatic carbocycles. The van der Waals surface area contributed by atoms with Crippen molar-refractivity contribution in [2.45, 2.75) is 49.1 Å². The van der Waals surface area contributed by atoms with Crippen LogP contribution in [0.3, 0.4) is 0 Å². The number of alkyl halides is 4. The molecule has 0 unspecified atom stereocenters. The van der Waals surface area contributed by atoms with Crippen LogP contribution >= 0.6 is 0 Å². The molecule has 2 aromatic carbocycles. The highest BCUT2D eigenvalue weighted by Gasteiger charge is 2.61. The number of carbonyl (C=O) groups is 1. The second-order valence-corrected chi connectivity index (χ2v) is 11.8. The Labute approximate surface area is 222 Å². The van der Waals surface area contributed by atoms with Crippen molar-refractivity contribution in [2.75, 3.05) is 18.0 Å². The molecule has 3 aromatic rings. The van der Waals surface area contributed by atoms with Crippen molar-refractivity contribution in [2.24, 2.45) is 0 Å². The molecule has 0 spiro atoms. The molecule has 1 saturated carbocycles. The van der Waals surface area contributed by atoms with Crippen LogP contribution in [-0.4, -0.2) is 67.5 Å². The van der Waals surface area contributed by atoms with Crippen LogP contribution < -0.4 is 14.4 Å². The Morgan fingerprint density at radius 2 is 1.82 bits per heavy atom. The Bertz CT molecular complexity index is 1590. The summed E-state index contributed by atoms with van der Waals surface area (Å²) in [4.78, 5) is 15.3. The third-order valence-corrected chi connectivity index (χ3v) is 9.24. The minimum Gasteiger partial charge on any atom is -0.435 e. The van der Waals surface area contributed by atoms with E-state index in [1.165, 1.54) is 0 Å². The van der Waals surface area contributed by atoms with Crippen LogP contribution in [0.25, 0.3) is 22.1 Å². The number of ether oxygens (including phenoxy) is 1. The molecule has 2 saturated heterocycles. The summed E-state index contributed by atoms with van der Waals surface area (Å²) in [5.41, 5.74) is -1.22. The highest BCUT2D eigenvalue weighted by atomic mass is 32.2. The first kappa shape index (κ1) is 26.7. The lowest BCUT2D eigenvalue weighted by atomic mass is 9.99. The molecule has 1 aromatic heterocycles. The molecule has 2 amide bonds. The number of rotatable bonds is 7. The minimum absolute atomic E-state index is 0.144. The fourth-order valence-electron chi connectivity index (χ4n) is 5.27. The van der Waals surface area contributed by atoms with E-state index in [-0.39, 0.29) is 35.3 Å². The molecule has 214 valence electrons. The second-order valence-electron chi connectivity index (χ2n) is 9.81. The molecule has 0 radical (unpaired) electrons. The summed E-state index contributed by atoms with van der Waals surface area (Å²) in [7, 11) is -3.99. The summed E-state index contributed by atoms with van der Waals surface area (Å²) in [5.74, 6) is -6.48. The molecule has 2 atom stereocenters. The van der Waals surface area contributed by atoms with E-state index in [1.807, 2.05) is 4.72 Å². The van der Waals surface area contributed by atoms with Crippen molar-refractivity contribution >= 4 is 32.8 Å². The average Bonchev–Trinajstić information content (AvgIpc) is 3.60. The number of benzene rings is 2. The Balaban J connectivity index is 1.40. The summed E-state index contributed by atoms with van der Waals surface area (Å²) < 4.78 is 122. The molecular weight excluding hydrogens is 570 g/mol. The molecule has 16 heteroatoms. The van der Waals surface area contributed by atoms with Crippen molar-refractivity contribution in [3.63, 3.8) is 0 Å². The smallest absolute Gasteiger partial charge is 0.387 e. The van der Waals surface area contributed by atoms with Gasteiger partial charge in [0.25, 0.3) is 5.92 Å². The number of sulfonamides is 1. The maximum Gasteiger partial charge on any atom is 0.387 e. The van der Waals surface area contributed by atoms with E-state index in [2.05, 4.69) is 9.89 Å². The number of halogens is 6. The average molecular weight is 591 g/mol. The molecule has 0 bridgehead atoms. The van der Waals surface area contributed by atoms with Gasteiger partial charge in [0, 0.05) is 24.7 Å². The van der Waals surface area contributed by atoms with Crippen LogP contribution in [0.15, 0.2) is 34.9 Å². The van der Waals surface area contributed by atoms with Crippen LogP contribution in [-0.2, 0) is 10.0 Å². The zero-order chi connectivity index (χ0) is 28.6. The van der Waals surface area contributed by atoms with Gasteiger partial charge in [-0.25, -0.2) is 35.5 Å². The number of nitrogens with one attached hydrogen (secondary N) is 1. The van der Waals surface area contributed by atoms with Crippen molar-refractivity contribution in [3.8, 4) is 16.9 Å². The summed E-state index contributed by atoms with van der Waals surface area (Å²) in [6, 6.07) is 0.453. The van der Waals surface area contributed by atoms with Gasteiger partial charge in [0.2, 0.25) is 10.0 Å². The second kappa shape index (κ2) is 9.26. The normalized spacial score (nSPS) is 22.8. The highest BCUT2D eigenvalue weighted by molar-refractivity contribution is 7.90. The minimum atomic E-state index is -3.99. The number of aromatic nitrogens is 1. The molecule has 6 rings (SSSR count). The first-order valence-corrected chi connectivity index (χ1v) is 13.7. The van der Waals surface area contributed by atoms with E-state index < -0.39 is 75.4 Å². The van der Waals surface area contributed by atoms with E-state index in [1.54, 1.807) is 0 Å². The topological polar surface area (TPSA) is 105 Å². The van der Waals surface area contributed by atoms with Crippen LogP contribution in [0.1, 0.15) is 19.3 Å². The van der Waals surface area contributed by atoms with Gasteiger partial charge in [0.15, 0.2) is 11.4 Å². The lowest BCUT2D eigenvalue weighted by molar-refractivity contribution is -0.0497. The van der Waals surface area contributed by atoms with Crippen LogP contribution in [0.2, 0.25) is 0 Å². The van der Waals surface area contributed by atoms with E-state index in [9.17, 15) is 30.8 Å². The van der Waals surface area contributed by atoms with Crippen LogP contribution in [0.5, 0.6) is 5.75 Å². The monoisotopic (exact) mass is 590 g/mol. The van der Waals surface area contributed by atoms with E-state index >= 15 is 8.78 Å². The van der Waals surface area contributed by atoms with Crippen molar-refractivity contribution in [1.82, 2.24) is 14.8 Å². The van der Waals surface area contributed by atoms with E-state index in [0.29, 0.717) is 12.8 Å². The Morgan fingerprint density at radius 1 is 1.12 bits per heavy atom. The quantitative estimate of drug-likeness (QED) is 0.407. The van der Waals surface area contributed by atoms with Gasteiger partial charge in [-0.2, -0.15) is 8.78 Å². The van der Waals surface area contributed by atoms with Gasteiger partial charge in [-0.15, -0.1) is 0 Å². The third kappa shape index (κ3) is 4.33. The fraction of sp³-hybridized carbons (Fsp3) is 0.417. The molecular formula is C24H20F6N4O5S. The predicted molar refractivity (Wildman–Crippen MR) is 128 cm³/mol. The van der Waals surface area contributed by atoms with Crippen molar-refractivity contribution in [1.29, 1.82) is 0 Å². The maximum absolute atomic E-state index is 15.2. The largest absolute Gasteiger partial charge is 0.435 e. The van der Waals surface area contributed by atoms with Gasteiger partial charge in [0.1, 0.15) is 29.5 Å². The Morgan fingerprint density at radius 3 is 2.48 bits per heavy atom. The lowest BCUT2D eigenvalue weighted by Gasteiger charge is -2.37. The van der Waals surface area contributed by atoms with Crippen molar-refractivity contribution in [3.05, 3.63) is 42.0 Å². The molecule has 40 heavy (non-hydrogen) atoms. The van der Waals surface area contributed by atoms with E-state index in [0.717, 1.165) is 40.1 Å². The number of urea groups is 1. The van der Waals surface area contributed by atoms with Gasteiger partial charge in [-0.05, 0) is 37.5 Å². The van der Waals surface area contributed by atoms with Crippen LogP contribution in [0.4, 0.5) is 37.0 Å². The van der Waals surface area contributed by atoms with Gasteiger partial charge < -0.3 is 14.2 Å². The van der Waals surface area contributed by atoms with Gasteiger partial charge >= 0.3 is 12.6 Å². The number of amides is 2. The molecule has 3 heterocycles. The summed E-state index contributed by atoms with van der Waals surface area (Å²) in [6.07, 6.45) is 0.425. The number of anilines is 1. The Kier molecular flexibility index (Phi) is 6.18. The Hall–Kier alpha value is -3.53. The molecule has 3 fully saturated rings. The number of hydrogen-bond acceptors (Lipinski definition) is 6. The number of hydrogen-bond donors (Lipinski definition) is 1. The van der Waals surface area contributed by atoms with Gasteiger partial charge in [0.05, 0.1) is 16.2 Å². The summed E-state index contributed by atoms with van der Waals surface area (Å²) in [6.45, 7) is -4.23. The molecule has 2 aliphatic heterocycles. The summed E-state index contributed by atoms with van der Waals surface area (Å²) >= 11 is 0. The SMILES string of the molecule is O=C1N(c2noc3cc(OC(F)F)cc(-c4c(F)cccc4F)c23)CC[C@H]2N1C[C@@H](NS(=O)(=O)C1CC1)C2(F)F. The standard InChI is InChI=1S/C24H20F6N4O5S/c25-14-2-1-3-15(26)19(14)13-8-11(38-22(27)28)9-16-20(13)21(31-39-16)33-7-6-18-24(29,30)17(10-34(18)23(33)35)32-40(36,37)12-4-5-12/h1-3,8-9,12,17-18,22,32H,4-7,10H2/t17-,18-/m1/s1. The number of nitrogens with zero attached hydrogens (tertiary/aromatic N) is 3. The molecule has 1 N–H and O–H groups in total. The first-order valence-electron chi connectivity index (χ1n) is 12.2. The molecule has 3 aliphatic rings. The number of carbonyl (C=O) groups excluding carboxylic acids is 1. The number of fused-ring (bicyclic) bond motifs is 2. The predicted octanol–water partition coefficient (Wildman–Crippen LogP) is 4.47.